The van der Waals surface area contributed by atoms with Crippen LogP contribution in [0.5, 0.6) is 0 Å². The molecular formula is C10H10F2N2O. The number of nitriles is 1. The average molecular weight is 212 g/mol. The van der Waals surface area contributed by atoms with Crippen molar-refractivity contribution in [2.24, 2.45) is 0 Å². The molecule has 1 aromatic rings. The molecule has 0 bridgehead atoms. The molecule has 1 N–H and O–H groups in total. The van der Waals surface area contributed by atoms with Crippen LogP contribution in [-0.4, -0.2) is 4.98 Å². The Morgan fingerprint density at radius 3 is 2.67 bits per heavy atom. The van der Waals surface area contributed by atoms with Crippen LogP contribution in [0.25, 0.3) is 0 Å². The first kappa shape index (κ1) is 11.4. The molecule has 0 aliphatic rings. The van der Waals surface area contributed by atoms with Gasteiger partial charge in [0.2, 0.25) is 0 Å². The molecule has 0 amide bonds. The van der Waals surface area contributed by atoms with Crippen molar-refractivity contribution in [3.63, 3.8) is 0 Å². The van der Waals surface area contributed by atoms with Gasteiger partial charge in [-0.15, -0.1) is 0 Å². The van der Waals surface area contributed by atoms with E-state index in [9.17, 15) is 13.6 Å². The number of nitrogens with zero attached hydrogens (tertiary/aromatic N) is 1. The number of alkyl halides is 2. The highest BCUT2D eigenvalue weighted by atomic mass is 19.3. The van der Waals surface area contributed by atoms with Gasteiger partial charge in [-0.1, -0.05) is 6.92 Å². The van der Waals surface area contributed by atoms with Gasteiger partial charge in [0.15, 0.2) is 0 Å². The number of aromatic nitrogens is 1. The van der Waals surface area contributed by atoms with Crippen LogP contribution < -0.4 is 5.56 Å². The number of aryl methyl sites for hydroxylation is 1. The van der Waals surface area contributed by atoms with E-state index in [-0.39, 0.29) is 0 Å². The molecule has 1 heterocycles. The van der Waals surface area contributed by atoms with Crippen molar-refractivity contribution in [3.05, 3.63) is 33.2 Å². The van der Waals surface area contributed by atoms with E-state index in [2.05, 4.69) is 4.98 Å². The quantitative estimate of drug-likeness (QED) is 0.815. The van der Waals surface area contributed by atoms with Crippen molar-refractivity contribution in [1.29, 1.82) is 5.26 Å². The third-order valence-electron chi connectivity index (χ3n) is 2.12. The maximum atomic E-state index is 13.4. The number of aromatic amines is 1. The number of nitrogens with one attached hydrogen (secondary N) is 1. The Hall–Kier alpha value is -1.70. The van der Waals surface area contributed by atoms with E-state index in [1.165, 1.54) is 19.9 Å². The van der Waals surface area contributed by atoms with Crippen LogP contribution in [0.1, 0.15) is 30.2 Å². The summed E-state index contributed by atoms with van der Waals surface area (Å²) in [6.45, 7) is 2.80. The Kier molecular flexibility index (Phi) is 2.89. The summed E-state index contributed by atoms with van der Waals surface area (Å²) in [4.78, 5) is 13.6. The molecule has 0 aromatic carbocycles. The first-order valence-corrected chi connectivity index (χ1v) is 4.44. The van der Waals surface area contributed by atoms with Crippen molar-refractivity contribution in [2.45, 2.75) is 26.2 Å². The molecule has 0 unspecified atom stereocenters. The number of hydrogen-bond acceptors (Lipinski definition) is 2. The lowest BCUT2D eigenvalue weighted by atomic mass is 10.0. The van der Waals surface area contributed by atoms with Crippen LogP contribution in [0.3, 0.4) is 0 Å². The Labute approximate surface area is 85.4 Å². The number of rotatable bonds is 2. The van der Waals surface area contributed by atoms with E-state index >= 15 is 0 Å². The molecule has 0 atom stereocenters. The van der Waals surface area contributed by atoms with Crippen molar-refractivity contribution in [3.8, 4) is 6.07 Å². The number of H-pyrrole nitrogens is 1. The van der Waals surface area contributed by atoms with E-state index in [4.69, 9.17) is 5.26 Å². The first-order valence-electron chi connectivity index (χ1n) is 4.44. The van der Waals surface area contributed by atoms with E-state index in [1.54, 1.807) is 0 Å². The second-order valence-electron chi connectivity index (χ2n) is 3.24. The molecule has 1 rings (SSSR count). The van der Waals surface area contributed by atoms with Gasteiger partial charge in [0.25, 0.3) is 11.5 Å². The number of halogens is 2. The standard InChI is InChI=1S/C10H10F2N2O/c1-3-10(11,12)8-4-6(2)14-9(15)7(8)5-13/h4H,3H2,1-2H3,(H,14,15). The predicted molar refractivity (Wildman–Crippen MR) is 50.7 cm³/mol. The van der Waals surface area contributed by atoms with Gasteiger partial charge in [-0.3, -0.25) is 4.79 Å². The van der Waals surface area contributed by atoms with Gasteiger partial charge in [-0.25, -0.2) is 8.78 Å². The fourth-order valence-corrected chi connectivity index (χ4v) is 1.28. The zero-order chi connectivity index (χ0) is 11.6. The maximum Gasteiger partial charge on any atom is 0.274 e. The molecule has 0 aliphatic carbocycles. The smallest absolute Gasteiger partial charge is 0.274 e. The zero-order valence-electron chi connectivity index (χ0n) is 8.40. The molecule has 80 valence electrons. The van der Waals surface area contributed by atoms with E-state index < -0.39 is 29.0 Å². The summed E-state index contributed by atoms with van der Waals surface area (Å²) >= 11 is 0. The Morgan fingerprint density at radius 2 is 2.20 bits per heavy atom. The summed E-state index contributed by atoms with van der Waals surface area (Å²) in [6.07, 6.45) is -0.440. The fourth-order valence-electron chi connectivity index (χ4n) is 1.28. The minimum absolute atomic E-state index is 0.321. The highest BCUT2D eigenvalue weighted by Crippen LogP contribution is 2.32. The van der Waals surface area contributed by atoms with Gasteiger partial charge in [0.1, 0.15) is 11.6 Å². The van der Waals surface area contributed by atoms with Gasteiger partial charge in [-0.2, -0.15) is 5.26 Å². The molecule has 3 nitrogen and oxygen atoms in total. The van der Waals surface area contributed by atoms with E-state index in [0.717, 1.165) is 6.07 Å². The number of hydrogen-bond donors (Lipinski definition) is 1. The summed E-state index contributed by atoms with van der Waals surface area (Å²) in [5.41, 5.74) is -1.44. The molecule has 0 fully saturated rings. The first-order chi connectivity index (χ1) is 6.92. The minimum atomic E-state index is -3.13. The van der Waals surface area contributed by atoms with Gasteiger partial charge < -0.3 is 4.98 Å². The van der Waals surface area contributed by atoms with Crippen molar-refractivity contribution in [2.75, 3.05) is 0 Å². The van der Waals surface area contributed by atoms with Gasteiger partial charge in [-0.05, 0) is 13.0 Å². The summed E-state index contributed by atoms with van der Waals surface area (Å²) in [5, 5.41) is 8.65. The lowest BCUT2D eigenvalue weighted by Crippen LogP contribution is -2.22. The maximum absolute atomic E-state index is 13.4. The summed E-state index contributed by atoms with van der Waals surface area (Å²) in [6, 6.07) is 2.65. The fraction of sp³-hybridized carbons (Fsp3) is 0.400. The number of pyridine rings is 1. The second-order valence-corrected chi connectivity index (χ2v) is 3.24. The average Bonchev–Trinajstić information content (AvgIpc) is 2.16. The molecule has 5 heteroatoms. The molecule has 0 radical (unpaired) electrons. The molecular weight excluding hydrogens is 202 g/mol. The third-order valence-corrected chi connectivity index (χ3v) is 2.12. The highest BCUT2D eigenvalue weighted by Gasteiger charge is 2.33. The van der Waals surface area contributed by atoms with Gasteiger partial charge in [0, 0.05) is 17.7 Å². The van der Waals surface area contributed by atoms with Crippen molar-refractivity contribution < 1.29 is 8.78 Å². The largest absolute Gasteiger partial charge is 0.325 e. The van der Waals surface area contributed by atoms with Crippen LogP contribution in [0.15, 0.2) is 10.9 Å². The predicted octanol–water partition coefficient (Wildman–Crippen LogP) is 2.06. The van der Waals surface area contributed by atoms with E-state index in [0.29, 0.717) is 5.69 Å². The van der Waals surface area contributed by atoms with Crippen LogP contribution >= 0.6 is 0 Å². The van der Waals surface area contributed by atoms with Crippen molar-refractivity contribution in [1.82, 2.24) is 4.98 Å². The van der Waals surface area contributed by atoms with Gasteiger partial charge >= 0.3 is 0 Å². The normalized spacial score (nSPS) is 11.1. The minimum Gasteiger partial charge on any atom is -0.325 e. The molecule has 1 aromatic heterocycles. The molecule has 0 aliphatic heterocycles. The van der Waals surface area contributed by atoms with Crippen LogP contribution in [-0.2, 0) is 5.92 Å². The Bertz CT molecular complexity index is 471. The Morgan fingerprint density at radius 1 is 1.60 bits per heavy atom. The molecule has 0 saturated carbocycles. The van der Waals surface area contributed by atoms with Crippen LogP contribution in [0, 0.1) is 18.3 Å². The SMILES string of the molecule is CCC(F)(F)c1cc(C)[nH]c(=O)c1C#N. The molecule has 0 spiro atoms. The monoisotopic (exact) mass is 212 g/mol. The topological polar surface area (TPSA) is 56.6 Å². The van der Waals surface area contributed by atoms with Crippen LogP contribution in [0.2, 0.25) is 0 Å². The van der Waals surface area contributed by atoms with Crippen molar-refractivity contribution >= 4 is 0 Å². The zero-order valence-corrected chi connectivity index (χ0v) is 8.40. The lowest BCUT2D eigenvalue weighted by Gasteiger charge is -2.15. The summed E-state index contributed by atoms with van der Waals surface area (Å²) < 4.78 is 26.8. The second kappa shape index (κ2) is 3.81. The van der Waals surface area contributed by atoms with E-state index in [1.807, 2.05) is 0 Å². The highest BCUT2D eigenvalue weighted by molar-refractivity contribution is 5.39. The summed E-state index contributed by atoms with van der Waals surface area (Å²) in [5.74, 6) is -3.13. The third kappa shape index (κ3) is 2.04. The summed E-state index contributed by atoms with van der Waals surface area (Å²) in [7, 11) is 0. The molecule has 15 heavy (non-hydrogen) atoms. The van der Waals surface area contributed by atoms with Gasteiger partial charge in [0.05, 0.1) is 0 Å². The lowest BCUT2D eigenvalue weighted by molar-refractivity contribution is -0.00879. The molecule has 0 saturated heterocycles. The Balaban J connectivity index is 3.55. The van der Waals surface area contributed by atoms with Crippen LogP contribution in [0.4, 0.5) is 8.78 Å².